The zero-order chi connectivity index (χ0) is 29.5. The molecule has 9 nitrogen and oxygen atoms in total. The standard InChI is InChI=1S/C32H44N2O7/c1-5-6-7-26(37)34(16-19-8-9-20-14-23(19)32(20,2)3)24-15-22(31(39)33-10-11-35)27-21-12-18(17-36)13-25(40-4)29(21)41-30(27)28(24)38/h6-7,12-13,15,19-20,23-24,27-28,30,35-36,38H,5,8-11,14,16-17H2,1-4H3,(H,33,39)/t19-,20-,23-,24+,27-,28-,30-/m0/s1. The summed E-state index contributed by atoms with van der Waals surface area (Å²) in [4.78, 5) is 29.0. The van der Waals surface area contributed by atoms with Crippen molar-refractivity contribution in [2.45, 2.75) is 77.2 Å². The second-order valence-electron chi connectivity index (χ2n) is 12.5. The maximum Gasteiger partial charge on any atom is 0.247 e. The lowest BCUT2D eigenvalue weighted by Crippen LogP contribution is -2.59. The number of carbonyl (C=O) groups is 2. The van der Waals surface area contributed by atoms with E-state index < -0.39 is 30.1 Å². The largest absolute Gasteiger partial charge is 0.493 e. The maximum atomic E-state index is 13.7. The fraction of sp³-hybridized carbons (Fsp3) is 0.625. The van der Waals surface area contributed by atoms with Crippen LogP contribution < -0.4 is 14.8 Å². The van der Waals surface area contributed by atoms with E-state index in [1.165, 1.54) is 13.5 Å². The Morgan fingerprint density at radius 1 is 1.24 bits per heavy atom. The van der Waals surface area contributed by atoms with Crippen LogP contribution in [0.3, 0.4) is 0 Å². The van der Waals surface area contributed by atoms with Gasteiger partial charge in [0.25, 0.3) is 0 Å². The number of ether oxygens (including phenoxy) is 2. The molecule has 5 aliphatic rings. The average molecular weight is 569 g/mol. The Morgan fingerprint density at radius 3 is 2.66 bits per heavy atom. The fourth-order valence-electron chi connectivity index (χ4n) is 7.73. The second kappa shape index (κ2) is 11.8. The van der Waals surface area contributed by atoms with E-state index in [0.717, 1.165) is 18.8 Å². The van der Waals surface area contributed by atoms with Crippen molar-refractivity contribution in [2.24, 2.45) is 23.2 Å². The number of amides is 2. The Kier molecular flexibility index (Phi) is 8.51. The van der Waals surface area contributed by atoms with Crippen molar-refractivity contribution in [1.29, 1.82) is 0 Å². The first-order chi connectivity index (χ1) is 19.7. The molecule has 7 atom stereocenters. The number of aliphatic hydroxyl groups excluding tert-OH is 3. The summed E-state index contributed by atoms with van der Waals surface area (Å²) in [5.41, 5.74) is 1.83. The summed E-state index contributed by atoms with van der Waals surface area (Å²) in [6.07, 6.45) is 7.17. The number of benzene rings is 1. The Morgan fingerprint density at radius 2 is 2.02 bits per heavy atom. The minimum atomic E-state index is -1.12. The molecule has 6 rings (SSSR count). The Bertz CT molecular complexity index is 1220. The Hall–Kier alpha value is -2.88. The summed E-state index contributed by atoms with van der Waals surface area (Å²) >= 11 is 0. The van der Waals surface area contributed by atoms with Crippen molar-refractivity contribution in [3.05, 3.63) is 47.1 Å². The third-order valence-electron chi connectivity index (χ3n) is 10.1. The highest BCUT2D eigenvalue weighted by Crippen LogP contribution is 2.61. The van der Waals surface area contributed by atoms with Gasteiger partial charge in [0.05, 0.1) is 32.3 Å². The number of carbonyl (C=O) groups excluding carboxylic acids is 2. The molecule has 0 saturated heterocycles. The van der Waals surface area contributed by atoms with Crippen molar-refractivity contribution in [1.82, 2.24) is 10.2 Å². The van der Waals surface area contributed by atoms with Crippen molar-refractivity contribution in [3.63, 3.8) is 0 Å². The summed E-state index contributed by atoms with van der Waals surface area (Å²) < 4.78 is 11.9. The summed E-state index contributed by atoms with van der Waals surface area (Å²) in [7, 11) is 1.50. The number of nitrogens with zero attached hydrogens (tertiary/aromatic N) is 1. The van der Waals surface area contributed by atoms with Gasteiger partial charge in [-0.2, -0.15) is 0 Å². The van der Waals surface area contributed by atoms with Crippen LogP contribution in [-0.2, 0) is 16.2 Å². The Labute approximate surface area is 242 Å². The van der Waals surface area contributed by atoms with Crippen LogP contribution in [-0.4, -0.2) is 77.1 Å². The number of rotatable bonds is 10. The van der Waals surface area contributed by atoms with Crippen LogP contribution in [0.4, 0.5) is 0 Å². The molecule has 4 aliphatic carbocycles. The zero-order valence-electron chi connectivity index (χ0n) is 24.5. The van der Waals surface area contributed by atoms with E-state index in [2.05, 4.69) is 19.2 Å². The van der Waals surface area contributed by atoms with Crippen molar-refractivity contribution >= 4 is 11.8 Å². The predicted octanol–water partition coefficient (Wildman–Crippen LogP) is 2.68. The van der Waals surface area contributed by atoms with Gasteiger partial charge in [-0.3, -0.25) is 9.59 Å². The van der Waals surface area contributed by atoms with E-state index in [4.69, 9.17) is 9.47 Å². The summed E-state index contributed by atoms with van der Waals surface area (Å²) in [5.74, 6) is 1.11. The van der Waals surface area contributed by atoms with Crippen LogP contribution in [0.15, 0.2) is 35.9 Å². The molecule has 3 saturated carbocycles. The monoisotopic (exact) mass is 568 g/mol. The zero-order valence-corrected chi connectivity index (χ0v) is 24.5. The fourth-order valence-corrected chi connectivity index (χ4v) is 7.73. The van der Waals surface area contributed by atoms with Gasteiger partial charge in [-0.15, -0.1) is 0 Å². The van der Waals surface area contributed by atoms with Crippen LogP contribution in [0.1, 0.15) is 63.5 Å². The lowest BCUT2D eigenvalue weighted by Gasteiger charge is -2.61. The molecular weight excluding hydrogens is 524 g/mol. The van der Waals surface area contributed by atoms with Crippen LogP contribution in [0.25, 0.3) is 0 Å². The number of fused-ring (bicyclic) bond motifs is 5. The van der Waals surface area contributed by atoms with Gasteiger partial charge in [0.15, 0.2) is 11.5 Å². The summed E-state index contributed by atoms with van der Waals surface area (Å²) in [5, 5.41) is 33.9. The van der Waals surface area contributed by atoms with Crippen molar-refractivity contribution in [3.8, 4) is 11.5 Å². The minimum absolute atomic E-state index is 0.0659. The van der Waals surface area contributed by atoms with Gasteiger partial charge in [0.2, 0.25) is 11.8 Å². The van der Waals surface area contributed by atoms with E-state index in [1.807, 2.05) is 13.0 Å². The smallest absolute Gasteiger partial charge is 0.247 e. The van der Waals surface area contributed by atoms with Crippen LogP contribution in [0.5, 0.6) is 11.5 Å². The van der Waals surface area contributed by atoms with Gasteiger partial charge in [-0.25, -0.2) is 0 Å². The molecule has 4 N–H and O–H groups in total. The van der Waals surface area contributed by atoms with Gasteiger partial charge in [0, 0.05) is 24.2 Å². The molecule has 0 aromatic heterocycles. The lowest BCUT2D eigenvalue weighted by atomic mass is 9.45. The highest BCUT2D eigenvalue weighted by molar-refractivity contribution is 5.96. The van der Waals surface area contributed by atoms with Gasteiger partial charge in [-0.05, 0) is 78.7 Å². The van der Waals surface area contributed by atoms with Crippen molar-refractivity contribution < 1.29 is 34.4 Å². The molecular formula is C32H44N2O7. The van der Waals surface area contributed by atoms with Crippen LogP contribution in [0.2, 0.25) is 0 Å². The van der Waals surface area contributed by atoms with E-state index in [1.54, 1.807) is 29.2 Å². The number of allylic oxidation sites excluding steroid dienone is 1. The molecule has 0 radical (unpaired) electrons. The summed E-state index contributed by atoms with van der Waals surface area (Å²) in [6, 6.07) is 2.66. The second-order valence-corrected chi connectivity index (χ2v) is 12.5. The van der Waals surface area contributed by atoms with E-state index in [-0.39, 0.29) is 31.1 Å². The Balaban J connectivity index is 1.56. The average Bonchev–Trinajstić information content (AvgIpc) is 3.37. The molecule has 2 bridgehead atoms. The van der Waals surface area contributed by atoms with Gasteiger partial charge in [-0.1, -0.05) is 26.8 Å². The van der Waals surface area contributed by atoms with Crippen LogP contribution in [0, 0.1) is 23.2 Å². The first-order valence-electron chi connectivity index (χ1n) is 14.9. The molecule has 9 heteroatoms. The summed E-state index contributed by atoms with van der Waals surface area (Å²) in [6.45, 7) is 6.71. The quantitative estimate of drug-likeness (QED) is 0.320. The minimum Gasteiger partial charge on any atom is -0.493 e. The number of nitrogens with one attached hydrogen (secondary N) is 1. The molecule has 2 amide bonds. The third kappa shape index (κ3) is 5.17. The van der Waals surface area contributed by atoms with E-state index in [0.29, 0.717) is 53.0 Å². The lowest BCUT2D eigenvalue weighted by molar-refractivity contribution is -0.142. The molecule has 1 aliphatic heterocycles. The molecule has 224 valence electrons. The number of methoxy groups -OCH3 is 1. The molecule has 0 unspecified atom stereocenters. The van der Waals surface area contributed by atoms with Crippen molar-refractivity contribution in [2.75, 3.05) is 26.8 Å². The molecule has 0 spiro atoms. The van der Waals surface area contributed by atoms with Gasteiger partial charge >= 0.3 is 0 Å². The third-order valence-corrected chi connectivity index (χ3v) is 10.1. The number of hydrogen-bond donors (Lipinski definition) is 4. The van der Waals surface area contributed by atoms with Gasteiger partial charge in [0.1, 0.15) is 12.2 Å². The number of hydrogen-bond acceptors (Lipinski definition) is 7. The SMILES string of the molecule is CCC=CC(=O)N(C[C@@H]1CC[C@H]2C[C@@H]1C2(C)C)[C@@H]1C=C(C(=O)NCCO)[C@@H]2c3cc(CO)cc(OC)c3O[C@@H]2[C@H]1O. The molecule has 1 heterocycles. The molecule has 1 aromatic rings. The normalized spacial score (nSPS) is 30.9. The highest BCUT2D eigenvalue weighted by atomic mass is 16.5. The maximum absolute atomic E-state index is 13.7. The van der Waals surface area contributed by atoms with Gasteiger partial charge < -0.3 is 35.0 Å². The molecule has 41 heavy (non-hydrogen) atoms. The predicted molar refractivity (Wildman–Crippen MR) is 153 cm³/mol. The molecule has 3 fully saturated rings. The highest BCUT2D eigenvalue weighted by Gasteiger charge is 2.56. The number of aliphatic hydroxyl groups is 3. The van der Waals surface area contributed by atoms with Crippen LogP contribution >= 0.6 is 0 Å². The molecule has 1 aromatic carbocycles. The topological polar surface area (TPSA) is 129 Å². The van der Waals surface area contributed by atoms with E-state index >= 15 is 0 Å². The first-order valence-corrected chi connectivity index (χ1v) is 14.9. The van der Waals surface area contributed by atoms with E-state index in [9.17, 15) is 24.9 Å². The first kappa shape index (κ1) is 29.6.